The van der Waals surface area contributed by atoms with E-state index >= 15 is 0 Å². The van der Waals surface area contributed by atoms with Gasteiger partial charge in [0.05, 0.1) is 18.5 Å². The van der Waals surface area contributed by atoms with E-state index in [0.29, 0.717) is 6.61 Å². The van der Waals surface area contributed by atoms with Crippen LogP contribution in [0.3, 0.4) is 0 Å². The second-order valence-corrected chi connectivity index (χ2v) is 4.00. The molecule has 1 heterocycles. The number of carbonyl (C=O) groups excluding carboxylic acids is 1. The first-order valence-electron chi connectivity index (χ1n) is 4.55. The Morgan fingerprint density at radius 2 is 2.21 bits per heavy atom. The highest BCUT2D eigenvalue weighted by atomic mass is 16.6. The van der Waals surface area contributed by atoms with E-state index in [-0.39, 0.29) is 5.41 Å². The molecule has 1 aromatic heterocycles. The van der Waals surface area contributed by atoms with E-state index in [1.54, 1.807) is 13.1 Å². The van der Waals surface area contributed by atoms with Gasteiger partial charge in [-0.1, -0.05) is 26.0 Å². The third kappa shape index (κ3) is 2.31. The van der Waals surface area contributed by atoms with Crippen LogP contribution >= 0.6 is 0 Å². The number of nitrogens with zero attached hydrogens (tertiary/aromatic N) is 3. The standard InChI is InChI=1S/C9H15N3O2/c1-5-14-8(13)12-6-7(10-11-12)9(2,3)4/h6H,5H2,1-4H3. The van der Waals surface area contributed by atoms with Gasteiger partial charge in [-0.25, -0.2) is 4.79 Å². The van der Waals surface area contributed by atoms with Crippen molar-refractivity contribution < 1.29 is 9.53 Å². The topological polar surface area (TPSA) is 57.0 Å². The van der Waals surface area contributed by atoms with Gasteiger partial charge in [-0.05, 0) is 6.92 Å². The quantitative estimate of drug-likeness (QED) is 0.685. The molecule has 0 N–H and O–H groups in total. The van der Waals surface area contributed by atoms with Gasteiger partial charge in [0, 0.05) is 5.41 Å². The van der Waals surface area contributed by atoms with Crippen molar-refractivity contribution >= 4 is 6.09 Å². The Hall–Kier alpha value is -1.39. The fourth-order valence-electron chi connectivity index (χ4n) is 0.886. The summed E-state index contributed by atoms with van der Waals surface area (Å²) in [4.78, 5) is 11.2. The average molecular weight is 197 g/mol. The van der Waals surface area contributed by atoms with Crippen LogP contribution in [0.15, 0.2) is 6.20 Å². The van der Waals surface area contributed by atoms with E-state index in [2.05, 4.69) is 10.3 Å². The molecule has 0 aliphatic rings. The zero-order valence-electron chi connectivity index (χ0n) is 8.94. The van der Waals surface area contributed by atoms with Crippen LogP contribution in [0.25, 0.3) is 0 Å². The summed E-state index contributed by atoms with van der Waals surface area (Å²) in [6, 6.07) is 0. The molecule has 0 spiro atoms. The first kappa shape index (κ1) is 10.7. The van der Waals surface area contributed by atoms with Gasteiger partial charge in [0.25, 0.3) is 0 Å². The molecule has 0 atom stereocenters. The van der Waals surface area contributed by atoms with Crippen LogP contribution in [0.1, 0.15) is 33.4 Å². The Kier molecular flexibility index (Phi) is 2.88. The molecule has 0 bridgehead atoms. The van der Waals surface area contributed by atoms with Crippen LogP contribution in [0.4, 0.5) is 4.79 Å². The molecule has 0 fully saturated rings. The summed E-state index contributed by atoms with van der Waals surface area (Å²) < 4.78 is 5.89. The maximum absolute atomic E-state index is 11.2. The molecular formula is C9H15N3O2. The van der Waals surface area contributed by atoms with Gasteiger partial charge < -0.3 is 4.74 Å². The lowest BCUT2D eigenvalue weighted by atomic mass is 9.93. The summed E-state index contributed by atoms with van der Waals surface area (Å²) in [7, 11) is 0. The molecular weight excluding hydrogens is 182 g/mol. The van der Waals surface area contributed by atoms with E-state index in [9.17, 15) is 4.79 Å². The average Bonchev–Trinajstić information content (AvgIpc) is 2.51. The van der Waals surface area contributed by atoms with Crippen molar-refractivity contribution in [1.29, 1.82) is 0 Å². The summed E-state index contributed by atoms with van der Waals surface area (Å²) in [5, 5.41) is 7.60. The second kappa shape index (κ2) is 3.77. The number of rotatable bonds is 1. The van der Waals surface area contributed by atoms with E-state index < -0.39 is 6.09 Å². The molecule has 0 aromatic carbocycles. The SMILES string of the molecule is CCOC(=O)n1cc(C(C)(C)C)nn1. The van der Waals surface area contributed by atoms with E-state index in [1.807, 2.05) is 20.8 Å². The molecule has 14 heavy (non-hydrogen) atoms. The molecule has 0 amide bonds. The third-order valence-electron chi connectivity index (χ3n) is 1.72. The maximum Gasteiger partial charge on any atom is 0.436 e. The molecule has 0 aliphatic heterocycles. The minimum atomic E-state index is -0.490. The lowest BCUT2D eigenvalue weighted by Crippen LogP contribution is -2.14. The van der Waals surface area contributed by atoms with Gasteiger partial charge in [0.1, 0.15) is 0 Å². The largest absolute Gasteiger partial charge is 0.448 e. The molecule has 5 heteroatoms. The minimum absolute atomic E-state index is 0.106. The molecule has 0 unspecified atom stereocenters. The second-order valence-electron chi connectivity index (χ2n) is 4.00. The lowest BCUT2D eigenvalue weighted by molar-refractivity contribution is 0.150. The molecule has 1 rings (SSSR count). The van der Waals surface area contributed by atoms with Crippen LogP contribution in [0.5, 0.6) is 0 Å². The number of hydrogen-bond donors (Lipinski definition) is 0. The van der Waals surface area contributed by atoms with E-state index in [4.69, 9.17) is 4.74 Å². The minimum Gasteiger partial charge on any atom is -0.448 e. The number of ether oxygens (including phenoxy) is 1. The highest BCUT2D eigenvalue weighted by Gasteiger charge is 2.19. The van der Waals surface area contributed by atoms with Crippen LogP contribution in [0.2, 0.25) is 0 Å². The summed E-state index contributed by atoms with van der Waals surface area (Å²) in [5.74, 6) is 0. The lowest BCUT2D eigenvalue weighted by Gasteiger charge is -2.12. The first-order valence-corrected chi connectivity index (χ1v) is 4.55. The third-order valence-corrected chi connectivity index (χ3v) is 1.72. The number of carbonyl (C=O) groups is 1. The van der Waals surface area contributed by atoms with Crippen LogP contribution < -0.4 is 0 Å². The van der Waals surface area contributed by atoms with Crippen LogP contribution in [-0.2, 0) is 10.2 Å². The Morgan fingerprint density at radius 3 is 2.64 bits per heavy atom. The number of hydrogen-bond acceptors (Lipinski definition) is 4. The van der Waals surface area contributed by atoms with Crippen molar-refractivity contribution in [1.82, 2.24) is 15.0 Å². The summed E-state index contributed by atoms with van der Waals surface area (Å²) in [5.41, 5.74) is 0.663. The van der Waals surface area contributed by atoms with Crippen molar-refractivity contribution in [2.75, 3.05) is 6.61 Å². The Balaban J connectivity index is 2.83. The van der Waals surface area contributed by atoms with Gasteiger partial charge in [0.2, 0.25) is 0 Å². The van der Waals surface area contributed by atoms with Crippen LogP contribution in [-0.4, -0.2) is 27.7 Å². The molecule has 0 radical (unpaired) electrons. The predicted molar refractivity (Wildman–Crippen MR) is 51.1 cm³/mol. The Morgan fingerprint density at radius 1 is 1.57 bits per heavy atom. The van der Waals surface area contributed by atoms with Crippen molar-refractivity contribution in [3.8, 4) is 0 Å². The van der Waals surface area contributed by atoms with Crippen molar-refractivity contribution in [2.24, 2.45) is 0 Å². The van der Waals surface area contributed by atoms with E-state index in [0.717, 1.165) is 10.4 Å². The first-order chi connectivity index (χ1) is 6.45. The fourth-order valence-corrected chi connectivity index (χ4v) is 0.886. The molecule has 0 saturated heterocycles. The molecule has 0 saturated carbocycles. The summed E-state index contributed by atoms with van der Waals surface area (Å²) in [6.45, 7) is 8.11. The smallest absolute Gasteiger partial charge is 0.436 e. The molecule has 78 valence electrons. The number of aromatic nitrogens is 3. The summed E-state index contributed by atoms with van der Waals surface area (Å²) in [6.07, 6.45) is 1.10. The van der Waals surface area contributed by atoms with Gasteiger partial charge in [-0.15, -0.1) is 5.10 Å². The van der Waals surface area contributed by atoms with Gasteiger partial charge >= 0.3 is 6.09 Å². The van der Waals surface area contributed by atoms with Gasteiger partial charge in [0.15, 0.2) is 0 Å². The van der Waals surface area contributed by atoms with Crippen molar-refractivity contribution in [3.05, 3.63) is 11.9 Å². The van der Waals surface area contributed by atoms with Gasteiger partial charge in [-0.3, -0.25) is 0 Å². The van der Waals surface area contributed by atoms with Crippen LogP contribution in [0, 0.1) is 0 Å². The van der Waals surface area contributed by atoms with E-state index in [1.165, 1.54) is 0 Å². The summed E-state index contributed by atoms with van der Waals surface area (Å²) >= 11 is 0. The maximum atomic E-state index is 11.2. The molecule has 0 aliphatic carbocycles. The van der Waals surface area contributed by atoms with Crippen molar-refractivity contribution in [2.45, 2.75) is 33.1 Å². The zero-order chi connectivity index (χ0) is 10.8. The monoisotopic (exact) mass is 197 g/mol. The molecule has 5 nitrogen and oxygen atoms in total. The Bertz CT molecular complexity index is 325. The molecule has 1 aromatic rings. The highest BCUT2D eigenvalue weighted by molar-refractivity contribution is 5.69. The zero-order valence-corrected chi connectivity index (χ0v) is 8.94. The van der Waals surface area contributed by atoms with Crippen molar-refractivity contribution in [3.63, 3.8) is 0 Å². The highest BCUT2D eigenvalue weighted by Crippen LogP contribution is 2.18. The normalized spacial score (nSPS) is 11.4. The van der Waals surface area contributed by atoms with Gasteiger partial charge in [-0.2, -0.15) is 4.68 Å². The fraction of sp³-hybridized carbons (Fsp3) is 0.667. The predicted octanol–water partition coefficient (Wildman–Crippen LogP) is 1.58. The Labute approximate surface area is 83.1 Å².